The molecule has 0 amide bonds. The molecule has 0 fully saturated rings. The number of nitrogens with two attached hydrogens (primary N) is 1. The van der Waals surface area contributed by atoms with Crippen LogP contribution in [0.1, 0.15) is 30.5 Å². The first-order valence-electron chi connectivity index (χ1n) is 4.38. The molecule has 1 rings (SSSR count). The highest BCUT2D eigenvalue weighted by Crippen LogP contribution is 2.34. The average molecular weight is 240 g/mol. The molecule has 1 nitrogen and oxygen atoms in total. The van der Waals surface area contributed by atoms with E-state index in [0.29, 0.717) is 6.42 Å². The Bertz CT molecular complexity index is 312. The average Bonchev–Trinajstić information content (AvgIpc) is 2.15. The molecular weight excluding hydrogens is 227 g/mol. The van der Waals surface area contributed by atoms with Crippen molar-refractivity contribution < 1.29 is 13.2 Å². The van der Waals surface area contributed by atoms with E-state index in [1.807, 2.05) is 0 Å². The van der Waals surface area contributed by atoms with Gasteiger partial charge in [-0.3, -0.25) is 0 Å². The second-order valence-corrected chi connectivity index (χ2v) is 3.10. The summed E-state index contributed by atoms with van der Waals surface area (Å²) in [6, 6.07) is 4.88. The first kappa shape index (κ1) is 14.3. The van der Waals surface area contributed by atoms with Crippen LogP contribution < -0.4 is 5.73 Å². The molecule has 5 heteroatoms. The Kier molecular flexibility index (Phi) is 5.11. The molecule has 0 bridgehead atoms. The summed E-state index contributed by atoms with van der Waals surface area (Å²) in [6.45, 7) is 1.76. The molecule has 2 N–H and O–H groups in total. The van der Waals surface area contributed by atoms with E-state index in [1.54, 1.807) is 13.0 Å². The number of halogens is 4. The lowest BCUT2D eigenvalue weighted by molar-refractivity contribution is -0.138. The van der Waals surface area contributed by atoms with Crippen LogP contribution >= 0.6 is 12.4 Å². The van der Waals surface area contributed by atoms with Crippen LogP contribution in [0, 0.1) is 0 Å². The van der Waals surface area contributed by atoms with Gasteiger partial charge in [0.15, 0.2) is 0 Å². The van der Waals surface area contributed by atoms with Crippen molar-refractivity contribution >= 4 is 12.4 Å². The Morgan fingerprint density at radius 1 is 1.27 bits per heavy atom. The van der Waals surface area contributed by atoms with Gasteiger partial charge in [-0.1, -0.05) is 25.1 Å². The van der Waals surface area contributed by atoms with Crippen LogP contribution in [0.2, 0.25) is 0 Å². The molecule has 1 atom stereocenters. The van der Waals surface area contributed by atoms with E-state index < -0.39 is 17.8 Å². The number of hydrogen-bond acceptors (Lipinski definition) is 1. The Hall–Kier alpha value is -0.740. The quantitative estimate of drug-likeness (QED) is 0.839. The predicted molar refractivity (Wildman–Crippen MR) is 55.9 cm³/mol. The zero-order valence-electron chi connectivity index (χ0n) is 8.21. The van der Waals surface area contributed by atoms with Gasteiger partial charge in [-0.15, -0.1) is 12.4 Å². The summed E-state index contributed by atoms with van der Waals surface area (Å²) < 4.78 is 37.5. The van der Waals surface area contributed by atoms with E-state index in [-0.39, 0.29) is 18.0 Å². The lowest BCUT2D eigenvalue weighted by Gasteiger charge is -2.16. The Morgan fingerprint density at radius 3 is 2.27 bits per heavy atom. The first-order chi connectivity index (χ1) is 6.46. The minimum Gasteiger partial charge on any atom is -0.324 e. The largest absolute Gasteiger partial charge is 0.416 e. The molecule has 1 aromatic carbocycles. The molecule has 0 aliphatic heterocycles. The Balaban J connectivity index is 0.00000196. The second kappa shape index (κ2) is 5.37. The predicted octanol–water partition coefficient (Wildman–Crippen LogP) is 3.54. The van der Waals surface area contributed by atoms with Crippen LogP contribution in [0.5, 0.6) is 0 Å². The van der Waals surface area contributed by atoms with Gasteiger partial charge in [-0.05, 0) is 18.1 Å². The summed E-state index contributed by atoms with van der Waals surface area (Å²) in [5.41, 5.74) is 5.13. The van der Waals surface area contributed by atoms with Crippen LogP contribution in [0.3, 0.4) is 0 Å². The van der Waals surface area contributed by atoms with Crippen molar-refractivity contribution in [2.24, 2.45) is 5.73 Å². The van der Waals surface area contributed by atoms with Crippen molar-refractivity contribution in [2.45, 2.75) is 25.6 Å². The zero-order chi connectivity index (χ0) is 10.8. The van der Waals surface area contributed by atoms with Crippen molar-refractivity contribution in [2.75, 3.05) is 0 Å². The van der Waals surface area contributed by atoms with E-state index >= 15 is 0 Å². The fourth-order valence-electron chi connectivity index (χ4n) is 1.30. The van der Waals surface area contributed by atoms with Gasteiger partial charge in [-0.25, -0.2) is 0 Å². The highest BCUT2D eigenvalue weighted by atomic mass is 35.5. The molecule has 0 aromatic heterocycles. The van der Waals surface area contributed by atoms with Crippen LogP contribution in [-0.4, -0.2) is 0 Å². The Morgan fingerprint density at radius 2 is 1.80 bits per heavy atom. The maximum absolute atomic E-state index is 12.5. The van der Waals surface area contributed by atoms with Crippen LogP contribution in [-0.2, 0) is 6.18 Å². The van der Waals surface area contributed by atoms with Crippen molar-refractivity contribution in [1.29, 1.82) is 0 Å². The van der Waals surface area contributed by atoms with Gasteiger partial charge < -0.3 is 5.73 Å². The van der Waals surface area contributed by atoms with Gasteiger partial charge in [0.05, 0.1) is 5.56 Å². The van der Waals surface area contributed by atoms with Crippen molar-refractivity contribution in [3.63, 3.8) is 0 Å². The van der Waals surface area contributed by atoms with Gasteiger partial charge in [0, 0.05) is 6.04 Å². The lowest BCUT2D eigenvalue weighted by Crippen LogP contribution is -2.16. The van der Waals surface area contributed by atoms with E-state index in [0.717, 1.165) is 6.07 Å². The fourth-order valence-corrected chi connectivity index (χ4v) is 1.30. The monoisotopic (exact) mass is 239 g/mol. The van der Waals surface area contributed by atoms with E-state index in [4.69, 9.17) is 5.73 Å². The van der Waals surface area contributed by atoms with E-state index in [9.17, 15) is 13.2 Å². The molecule has 0 saturated heterocycles. The van der Waals surface area contributed by atoms with Crippen molar-refractivity contribution in [3.05, 3.63) is 35.4 Å². The molecule has 0 saturated carbocycles. The SMILES string of the molecule is CC[C@H](N)c1ccccc1C(F)(F)F.Cl. The standard InChI is InChI=1S/C10H12F3N.ClH/c1-2-9(14)7-5-3-4-6-8(7)10(11,12)13;/h3-6,9H,2,14H2,1H3;1H/t9-;/m0./s1. The molecule has 1 aromatic rings. The highest BCUT2D eigenvalue weighted by molar-refractivity contribution is 5.85. The topological polar surface area (TPSA) is 26.0 Å². The molecule has 0 heterocycles. The minimum atomic E-state index is -4.32. The molecule has 0 aliphatic carbocycles. The van der Waals surface area contributed by atoms with Crippen molar-refractivity contribution in [3.8, 4) is 0 Å². The van der Waals surface area contributed by atoms with Crippen molar-refractivity contribution in [1.82, 2.24) is 0 Å². The molecule has 0 aliphatic rings. The normalized spacial score (nSPS) is 13.1. The number of hydrogen-bond donors (Lipinski definition) is 1. The third kappa shape index (κ3) is 3.39. The zero-order valence-corrected chi connectivity index (χ0v) is 9.03. The van der Waals surface area contributed by atoms with Crippen LogP contribution in [0.15, 0.2) is 24.3 Å². The summed E-state index contributed by atoms with van der Waals surface area (Å²) in [7, 11) is 0. The minimum absolute atomic E-state index is 0. The summed E-state index contributed by atoms with van der Waals surface area (Å²) in [5.74, 6) is 0. The summed E-state index contributed by atoms with van der Waals surface area (Å²) in [5, 5.41) is 0. The molecule has 0 unspecified atom stereocenters. The van der Waals surface area contributed by atoms with E-state index in [1.165, 1.54) is 12.1 Å². The summed E-state index contributed by atoms with van der Waals surface area (Å²) >= 11 is 0. The maximum Gasteiger partial charge on any atom is 0.416 e. The molecule has 86 valence electrons. The van der Waals surface area contributed by atoms with Crippen LogP contribution in [0.4, 0.5) is 13.2 Å². The summed E-state index contributed by atoms with van der Waals surface area (Å²) in [4.78, 5) is 0. The number of benzene rings is 1. The number of alkyl halides is 3. The molecule has 0 spiro atoms. The van der Waals surface area contributed by atoms with Gasteiger partial charge in [0.25, 0.3) is 0 Å². The number of rotatable bonds is 2. The first-order valence-corrected chi connectivity index (χ1v) is 4.38. The fraction of sp³-hybridized carbons (Fsp3) is 0.400. The van der Waals surface area contributed by atoms with Gasteiger partial charge in [0.2, 0.25) is 0 Å². The summed E-state index contributed by atoms with van der Waals surface area (Å²) in [6.07, 6.45) is -3.82. The maximum atomic E-state index is 12.5. The smallest absolute Gasteiger partial charge is 0.324 e. The second-order valence-electron chi connectivity index (χ2n) is 3.10. The van der Waals surface area contributed by atoms with E-state index in [2.05, 4.69) is 0 Å². The molecule has 0 radical (unpaired) electrons. The third-order valence-electron chi connectivity index (χ3n) is 2.11. The van der Waals surface area contributed by atoms with Gasteiger partial charge in [-0.2, -0.15) is 13.2 Å². The highest BCUT2D eigenvalue weighted by Gasteiger charge is 2.33. The Labute approximate surface area is 92.9 Å². The van der Waals surface area contributed by atoms with Gasteiger partial charge >= 0.3 is 6.18 Å². The molecule has 15 heavy (non-hydrogen) atoms. The molecular formula is C10H13ClF3N. The van der Waals surface area contributed by atoms with Crippen LogP contribution in [0.25, 0.3) is 0 Å². The van der Waals surface area contributed by atoms with Gasteiger partial charge in [0.1, 0.15) is 0 Å². The lowest BCUT2D eigenvalue weighted by atomic mass is 9.99. The third-order valence-corrected chi connectivity index (χ3v) is 2.11.